The van der Waals surface area contributed by atoms with Gasteiger partial charge in [0.25, 0.3) is 5.56 Å². The molecule has 1 aliphatic rings. The van der Waals surface area contributed by atoms with E-state index in [0.29, 0.717) is 13.2 Å². The van der Waals surface area contributed by atoms with Crippen molar-refractivity contribution in [1.29, 1.82) is 5.26 Å². The topological polar surface area (TPSA) is 55.0 Å². The van der Waals surface area contributed by atoms with Gasteiger partial charge in [0.1, 0.15) is 11.6 Å². The van der Waals surface area contributed by atoms with E-state index in [-0.39, 0.29) is 17.2 Å². The van der Waals surface area contributed by atoms with Gasteiger partial charge in [-0.15, -0.1) is 0 Å². The summed E-state index contributed by atoms with van der Waals surface area (Å²) in [5, 5.41) is 9.02. The van der Waals surface area contributed by atoms with Gasteiger partial charge in [0.05, 0.1) is 0 Å². The molecule has 0 aromatic carbocycles. The quantitative estimate of drug-likeness (QED) is 0.740. The average molecular weight is 232 g/mol. The summed E-state index contributed by atoms with van der Waals surface area (Å²) in [6, 6.07) is 4.09. The molecule has 0 amide bonds. The molecule has 2 rings (SSSR count). The van der Waals surface area contributed by atoms with Crippen LogP contribution >= 0.6 is 0 Å². The molecule has 0 bridgehead atoms. The zero-order chi connectivity index (χ0) is 12.4. The SMILES string of the molecule is Cc1cc(C)n(C2CCOCC2)c(=O)c1C#N. The van der Waals surface area contributed by atoms with Crippen molar-refractivity contribution in [2.24, 2.45) is 0 Å². The molecule has 1 aliphatic heterocycles. The molecule has 0 radical (unpaired) electrons. The lowest BCUT2D eigenvalue weighted by atomic mass is 10.1. The first-order chi connectivity index (χ1) is 8.15. The Morgan fingerprint density at radius 2 is 2.06 bits per heavy atom. The number of hydrogen-bond acceptors (Lipinski definition) is 3. The van der Waals surface area contributed by atoms with Crippen LogP contribution in [-0.4, -0.2) is 17.8 Å². The zero-order valence-corrected chi connectivity index (χ0v) is 10.2. The van der Waals surface area contributed by atoms with Gasteiger partial charge in [0.15, 0.2) is 0 Å². The molecular formula is C13H16N2O2. The van der Waals surface area contributed by atoms with Gasteiger partial charge in [-0.25, -0.2) is 0 Å². The lowest BCUT2D eigenvalue weighted by Gasteiger charge is -2.26. The van der Waals surface area contributed by atoms with Gasteiger partial charge in [-0.3, -0.25) is 4.79 Å². The van der Waals surface area contributed by atoms with Crippen LogP contribution in [0.3, 0.4) is 0 Å². The van der Waals surface area contributed by atoms with Gasteiger partial charge in [0.2, 0.25) is 0 Å². The fourth-order valence-corrected chi connectivity index (χ4v) is 2.44. The molecular weight excluding hydrogens is 216 g/mol. The molecule has 0 N–H and O–H groups in total. The zero-order valence-electron chi connectivity index (χ0n) is 10.2. The molecule has 0 saturated carbocycles. The summed E-state index contributed by atoms with van der Waals surface area (Å²) in [4.78, 5) is 12.2. The fraction of sp³-hybridized carbons (Fsp3) is 0.538. The second-order valence-corrected chi connectivity index (χ2v) is 4.47. The molecule has 0 aliphatic carbocycles. The van der Waals surface area contributed by atoms with E-state index < -0.39 is 0 Å². The lowest BCUT2D eigenvalue weighted by molar-refractivity contribution is 0.0681. The maximum atomic E-state index is 12.2. The first-order valence-corrected chi connectivity index (χ1v) is 5.85. The Labute approximate surface area is 100 Å². The molecule has 1 aromatic rings. The fourth-order valence-electron chi connectivity index (χ4n) is 2.44. The monoisotopic (exact) mass is 232 g/mol. The Hall–Kier alpha value is -1.60. The van der Waals surface area contributed by atoms with Crippen molar-refractivity contribution < 1.29 is 4.74 Å². The van der Waals surface area contributed by atoms with E-state index in [4.69, 9.17) is 10.00 Å². The molecule has 0 unspecified atom stereocenters. The lowest BCUT2D eigenvalue weighted by Crippen LogP contribution is -2.32. The molecule has 4 nitrogen and oxygen atoms in total. The molecule has 0 spiro atoms. The van der Waals surface area contributed by atoms with Gasteiger partial charge in [-0.2, -0.15) is 5.26 Å². The summed E-state index contributed by atoms with van der Waals surface area (Å²) in [6.45, 7) is 5.10. The van der Waals surface area contributed by atoms with Crippen molar-refractivity contribution in [2.75, 3.05) is 13.2 Å². The predicted molar refractivity (Wildman–Crippen MR) is 64.0 cm³/mol. The second-order valence-electron chi connectivity index (χ2n) is 4.47. The van der Waals surface area contributed by atoms with Crippen LogP contribution in [0.5, 0.6) is 0 Å². The van der Waals surface area contributed by atoms with Gasteiger partial charge < -0.3 is 9.30 Å². The summed E-state index contributed by atoms with van der Waals surface area (Å²) >= 11 is 0. The summed E-state index contributed by atoms with van der Waals surface area (Å²) in [7, 11) is 0. The van der Waals surface area contributed by atoms with E-state index in [1.807, 2.05) is 19.1 Å². The van der Waals surface area contributed by atoms with Crippen LogP contribution in [0.25, 0.3) is 0 Å². The van der Waals surface area contributed by atoms with E-state index in [0.717, 1.165) is 24.1 Å². The van der Waals surface area contributed by atoms with Crippen LogP contribution in [0.15, 0.2) is 10.9 Å². The number of hydrogen-bond donors (Lipinski definition) is 0. The Kier molecular flexibility index (Phi) is 3.30. The number of nitriles is 1. The first kappa shape index (κ1) is 11.9. The number of aryl methyl sites for hydroxylation is 2. The second kappa shape index (κ2) is 4.72. The van der Waals surface area contributed by atoms with Crippen molar-refractivity contribution in [3.8, 4) is 6.07 Å². The highest BCUT2D eigenvalue weighted by Gasteiger charge is 2.20. The van der Waals surface area contributed by atoms with Crippen LogP contribution in [-0.2, 0) is 4.74 Å². The van der Waals surface area contributed by atoms with Crippen LogP contribution in [0.1, 0.15) is 35.7 Å². The number of nitrogens with zero attached hydrogens (tertiary/aromatic N) is 2. The third-order valence-electron chi connectivity index (χ3n) is 3.30. The molecule has 17 heavy (non-hydrogen) atoms. The molecule has 1 saturated heterocycles. The highest BCUT2D eigenvalue weighted by molar-refractivity contribution is 5.36. The highest BCUT2D eigenvalue weighted by Crippen LogP contribution is 2.21. The van der Waals surface area contributed by atoms with E-state index >= 15 is 0 Å². The third kappa shape index (κ3) is 2.11. The van der Waals surface area contributed by atoms with Crippen molar-refractivity contribution in [3.63, 3.8) is 0 Å². The molecule has 90 valence electrons. The molecule has 0 atom stereocenters. The van der Waals surface area contributed by atoms with Gasteiger partial charge in [-0.1, -0.05) is 0 Å². The van der Waals surface area contributed by atoms with Crippen LogP contribution < -0.4 is 5.56 Å². The summed E-state index contributed by atoms with van der Waals surface area (Å²) in [6.07, 6.45) is 1.68. The van der Waals surface area contributed by atoms with Gasteiger partial charge >= 0.3 is 0 Å². The minimum atomic E-state index is -0.156. The van der Waals surface area contributed by atoms with E-state index in [1.54, 1.807) is 11.5 Å². The Balaban J connectivity index is 2.53. The standard InChI is InChI=1S/C13H16N2O2/c1-9-7-10(2)15(13(16)12(9)8-14)11-3-5-17-6-4-11/h7,11H,3-6H2,1-2H3. The van der Waals surface area contributed by atoms with Crippen molar-refractivity contribution in [2.45, 2.75) is 32.7 Å². The maximum absolute atomic E-state index is 12.2. The average Bonchev–Trinajstić information content (AvgIpc) is 2.30. The first-order valence-electron chi connectivity index (χ1n) is 5.85. The van der Waals surface area contributed by atoms with Crippen LogP contribution in [0.2, 0.25) is 0 Å². The predicted octanol–water partition coefficient (Wildman–Crippen LogP) is 1.69. The van der Waals surface area contributed by atoms with Crippen LogP contribution in [0, 0.1) is 25.2 Å². The van der Waals surface area contributed by atoms with Gasteiger partial charge in [-0.05, 0) is 38.3 Å². The minimum absolute atomic E-state index is 0.156. The Morgan fingerprint density at radius 3 is 2.65 bits per heavy atom. The summed E-state index contributed by atoms with van der Waals surface area (Å²) in [5.41, 5.74) is 1.80. The Bertz CT molecular complexity index is 519. The smallest absolute Gasteiger partial charge is 0.269 e. The Morgan fingerprint density at radius 1 is 1.41 bits per heavy atom. The van der Waals surface area contributed by atoms with Crippen molar-refractivity contribution in [1.82, 2.24) is 4.57 Å². The van der Waals surface area contributed by atoms with Crippen molar-refractivity contribution in [3.05, 3.63) is 33.2 Å². The largest absolute Gasteiger partial charge is 0.381 e. The van der Waals surface area contributed by atoms with E-state index in [2.05, 4.69) is 0 Å². The van der Waals surface area contributed by atoms with Crippen molar-refractivity contribution >= 4 is 0 Å². The maximum Gasteiger partial charge on any atom is 0.269 e. The third-order valence-corrected chi connectivity index (χ3v) is 3.30. The number of aromatic nitrogens is 1. The molecule has 1 aromatic heterocycles. The number of rotatable bonds is 1. The van der Waals surface area contributed by atoms with Gasteiger partial charge in [0, 0.05) is 24.9 Å². The number of pyridine rings is 1. The molecule has 4 heteroatoms. The normalized spacial score (nSPS) is 16.8. The minimum Gasteiger partial charge on any atom is -0.381 e. The highest BCUT2D eigenvalue weighted by atomic mass is 16.5. The van der Waals surface area contributed by atoms with E-state index in [9.17, 15) is 4.79 Å². The number of ether oxygens (including phenoxy) is 1. The van der Waals surface area contributed by atoms with E-state index in [1.165, 1.54) is 0 Å². The van der Waals surface area contributed by atoms with Crippen LogP contribution in [0.4, 0.5) is 0 Å². The molecule has 1 fully saturated rings. The summed E-state index contributed by atoms with van der Waals surface area (Å²) < 4.78 is 7.06. The molecule has 2 heterocycles. The summed E-state index contributed by atoms with van der Waals surface area (Å²) in [5.74, 6) is 0.